The van der Waals surface area contributed by atoms with Gasteiger partial charge in [-0.05, 0) is 43.2 Å². The van der Waals surface area contributed by atoms with Crippen molar-refractivity contribution >= 4 is 23.0 Å². The summed E-state index contributed by atoms with van der Waals surface area (Å²) >= 11 is 0. The number of aromatic nitrogens is 4. The molecule has 5 rings (SSSR count). The Morgan fingerprint density at radius 2 is 1.97 bits per heavy atom. The molecule has 1 fully saturated rings. The van der Waals surface area contributed by atoms with Gasteiger partial charge in [0.05, 0.1) is 11.7 Å². The summed E-state index contributed by atoms with van der Waals surface area (Å²) in [5.74, 6) is 2.39. The molecule has 1 aliphatic carbocycles. The minimum absolute atomic E-state index is 0.338. The Kier molecular flexibility index (Phi) is 4.02. The van der Waals surface area contributed by atoms with E-state index >= 15 is 0 Å². The molecule has 0 spiro atoms. The summed E-state index contributed by atoms with van der Waals surface area (Å²) in [5.41, 5.74) is 5.98. The minimum atomic E-state index is 0.338. The maximum absolute atomic E-state index is 4.67. The average Bonchev–Trinajstić information content (AvgIpc) is 3.19. The Labute approximate surface area is 171 Å². The minimum Gasteiger partial charge on any atom is -0.350 e. The van der Waals surface area contributed by atoms with Crippen LogP contribution in [0.25, 0.3) is 16.6 Å². The Bertz CT molecular complexity index is 1120. The van der Waals surface area contributed by atoms with Crippen molar-refractivity contribution < 1.29 is 0 Å². The van der Waals surface area contributed by atoms with Crippen LogP contribution in [-0.2, 0) is 0 Å². The molecule has 2 aliphatic rings. The zero-order chi connectivity index (χ0) is 20.3. The van der Waals surface area contributed by atoms with E-state index in [9.17, 15) is 0 Å². The summed E-state index contributed by atoms with van der Waals surface area (Å²) in [4.78, 5) is 13.9. The number of rotatable bonds is 4. The molecule has 4 heterocycles. The highest BCUT2D eigenvalue weighted by Crippen LogP contribution is 2.42. The summed E-state index contributed by atoms with van der Waals surface area (Å²) in [7, 11) is 0. The summed E-state index contributed by atoms with van der Waals surface area (Å²) in [6, 6.07) is 4.80. The van der Waals surface area contributed by atoms with Gasteiger partial charge in [0.2, 0.25) is 5.95 Å². The van der Waals surface area contributed by atoms with Gasteiger partial charge in [-0.15, -0.1) is 5.10 Å². The fraction of sp³-hybridized carbons (Fsp3) is 0.478. The van der Waals surface area contributed by atoms with E-state index in [1.165, 1.54) is 5.56 Å². The van der Waals surface area contributed by atoms with Gasteiger partial charge in [-0.25, -0.2) is 19.5 Å². The number of fused-ring (bicyclic) bond motifs is 2. The van der Waals surface area contributed by atoms with Crippen molar-refractivity contribution in [2.45, 2.75) is 59.4 Å². The highest BCUT2D eigenvalue weighted by atomic mass is 15.3. The Morgan fingerprint density at radius 1 is 1.17 bits per heavy atom. The van der Waals surface area contributed by atoms with Crippen molar-refractivity contribution in [3.05, 3.63) is 36.3 Å². The van der Waals surface area contributed by atoms with E-state index < -0.39 is 0 Å². The van der Waals surface area contributed by atoms with Gasteiger partial charge in [0.15, 0.2) is 5.82 Å². The molecule has 0 aromatic carbocycles. The number of anilines is 1. The zero-order valence-corrected chi connectivity index (χ0v) is 17.8. The van der Waals surface area contributed by atoms with E-state index in [2.05, 4.69) is 72.1 Å². The number of nitrogens with one attached hydrogen (secondary N) is 1. The third-order valence-corrected chi connectivity index (χ3v) is 6.29. The largest absolute Gasteiger partial charge is 0.350 e. The lowest BCUT2D eigenvalue weighted by molar-refractivity contribution is 0.167. The lowest BCUT2D eigenvalue weighted by atomic mass is 9.68. The monoisotopic (exact) mass is 388 g/mol. The van der Waals surface area contributed by atoms with Crippen LogP contribution in [0.5, 0.6) is 0 Å². The normalized spacial score (nSPS) is 20.6. The van der Waals surface area contributed by atoms with Crippen LogP contribution in [0.3, 0.4) is 0 Å². The quantitative estimate of drug-likeness (QED) is 0.664. The SMILES string of the molecule is CC1=Nc2ncc(-c3ccn4nc(NC5CC(C)(C)C5)ncc34)cc2C1C(C)C. The van der Waals surface area contributed by atoms with Crippen LogP contribution in [0.15, 0.2) is 35.7 Å². The Morgan fingerprint density at radius 3 is 2.69 bits per heavy atom. The van der Waals surface area contributed by atoms with Gasteiger partial charge in [0.1, 0.15) is 0 Å². The first kappa shape index (κ1) is 18.3. The third kappa shape index (κ3) is 3.11. The van der Waals surface area contributed by atoms with E-state index in [0.29, 0.717) is 29.2 Å². The molecule has 6 nitrogen and oxygen atoms in total. The van der Waals surface area contributed by atoms with Crippen LogP contribution in [-0.4, -0.2) is 31.3 Å². The number of nitrogens with zero attached hydrogens (tertiary/aromatic N) is 5. The molecule has 0 radical (unpaired) electrons. The van der Waals surface area contributed by atoms with Crippen LogP contribution < -0.4 is 5.32 Å². The van der Waals surface area contributed by atoms with Gasteiger partial charge in [-0.2, -0.15) is 0 Å². The fourth-order valence-electron chi connectivity index (χ4n) is 5.02. The molecule has 1 aliphatic heterocycles. The molecule has 3 aromatic heterocycles. The first-order chi connectivity index (χ1) is 13.8. The lowest BCUT2D eigenvalue weighted by Crippen LogP contribution is -2.41. The number of hydrogen-bond donors (Lipinski definition) is 1. The zero-order valence-electron chi connectivity index (χ0n) is 17.8. The van der Waals surface area contributed by atoms with Crippen molar-refractivity contribution in [1.29, 1.82) is 0 Å². The second-order valence-electron chi connectivity index (χ2n) is 9.67. The van der Waals surface area contributed by atoms with Crippen LogP contribution in [0.1, 0.15) is 58.9 Å². The Hall–Kier alpha value is -2.76. The topological polar surface area (TPSA) is 67.5 Å². The highest BCUT2D eigenvalue weighted by molar-refractivity contribution is 5.96. The molecule has 0 saturated heterocycles. The third-order valence-electron chi connectivity index (χ3n) is 6.29. The van der Waals surface area contributed by atoms with E-state index in [4.69, 9.17) is 0 Å². The number of hydrogen-bond acceptors (Lipinski definition) is 5. The molecule has 0 bridgehead atoms. The van der Waals surface area contributed by atoms with Gasteiger partial charge in [-0.3, -0.25) is 0 Å². The molecular formula is C23H28N6. The smallest absolute Gasteiger partial charge is 0.241 e. The van der Waals surface area contributed by atoms with Crippen LogP contribution in [0.4, 0.5) is 11.8 Å². The van der Waals surface area contributed by atoms with Gasteiger partial charge < -0.3 is 5.32 Å². The molecule has 1 N–H and O–H groups in total. The molecule has 3 aromatic rings. The summed E-state index contributed by atoms with van der Waals surface area (Å²) in [6.07, 6.45) is 8.13. The van der Waals surface area contributed by atoms with E-state index in [1.807, 2.05) is 23.1 Å². The molecule has 29 heavy (non-hydrogen) atoms. The predicted octanol–water partition coefficient (Wildman–Crippen LogP) is 5.24. The molecule has 1 saturated carbocycles. The molecule has 1 unspecified atom stereocenters. The van der Waals surface area contributed by atoms with Crippen molar-refractivity contribution in [1.82, 2.24) is 19.6 Å². The average molecular weight is 389 g/mol. The Balaban J connectivity index is 1.45. The van der Waals surface area contributed by atoms with Crippen molar-refractivity contribution in [3.63, 3.8) is 0 Å². The molecule has 150 valence electrons. The van der Waals surface area contributed by atoms with Gasteiger partial charge in [0, 0.05) is 46.8 Å². The molecule has 6 heteroatoms. The van der Waals surface area contributed by atoms with Gasteiger partial charge in [-0.1, -0.05) is 27.7 Å². The first-order valence-corrected chi connectivity index (χ1v) is 10.5. The maximum atomic E-state index is 4.67. The number of aliphatic imine (C=N–C) groups is 1. The second-order valence-corrected chi connectivity index (χ2v) is 9.67. The molecule has 1 atom stereocenters. The predicted molar refractivity (Wildman–Crippen MR) is 117 cm³/mol. The summed E-state index contributed by atoms with van der Waals surface area (Å²) < 4.78 is 1.91. The molecule has 0 amide bonds. The van der Waals surface area contributed by atoms with E-state index in [0.717, 1.165) is 41.0 Å². The number of pyridine rings is 1. The first-order valence-electron chi connectivity index (χ1n) is 10.5. The fourth-order valence-corrected chi connectivity index (χ4v) is 5.02. The second kappa shape index (κ2) is 6.37. The van der Waals surface area contributed by atoms with Crippen LogP contribution in [0, 0.1) is 11.3 Å². The summed E-state index contributed by atoms with van der Waals surface area (Å²) in [6.45, 7) is 11.2. The van der Waals surface area contributed by atoms with E-state index in [-0.39, 0.29) is 0 Å². The van der Waals surface area contributed by atoms with Gasteiger partial charge in [0.25, 0.3) is 0 Å². The van der Waals surface area contributed by atoms with Crippen molar-refractivity contribution in [2.24, 2.45) is 16.3 Å². The van der Waals surface area contributed by atoms with Crippen LogP contribution in [0.2, 0.25) is 0 Å². The van der Waals surface area contributed by atoms with Crippen molar-refractivity contribution in [3.8, 4) is 11.1 Å². The lowest BCUT2D eigenvalue weighted by Gasteiger charge is -2.42. The standard InChI is InChI=1S/C23H28N6/c1-13(2)20-14(3)26-21-18(20)8-15(11-24-21)17-6-7-29-19(17)12-25-22(28-29)27-16-9-23(4,5)10-16/h6-8,11-13,16,20H,9-10H2,1-5H3,(H,27,28). The highest BCUT2D eigenvalue weighted by Gasteiger charge is 2.36. The molecular weight excluding hydrogens is 360 g/mol. The maximum Gasteiger partial charge on any atom is 0.241 e. The van der Waals surface area contributed by atoms with Crippen LogP contribution >= 0.6 is 0 Å². The summed E-state index contributed by atoms with van der Waals surface area (Å²) in [5, 5.41) is 8.13. The van der Waals surface area contributed by atoms with E-state index in [1.54, 1.807) is 0 Å². The van der Waals surface area contributed by atoms with Gasteiger partial charge >= 0.3 is 0 Å². The van der Waals surface area contributed by atoms with Crippen molar-refractivity contribution in [2.75, 3.05) is 5.32 Å².